The maximum atomic E-state index is 13.2. The molecule has 2 aromatic rings. The summed E-state index contributed by atoms with van der Waals surface area (Å²) >= 11 is 1.59. The van der Waals surface area contributed by atoms with E-state index in [1.807, 2.05) is 11.5 Å². The van der Waals surface area contributed by atoms with Crippen LogP contribution >= 0.6 is 11.8 Å². The molecule has 0 spiro atoms. The van der Waals surface area contributed by atoms with E-state index in [9.17, 15) is 4.39 Å². The third kappa shape index (κ3) is 3.03. The van der Waals surface area contributed by atoms with Gasteiger partial charge in [0.1, 0.15) is 23.5 Å². The molecule has 1 aliphatic heterocycles. The number of nitrogens with two attached hydrogens (primary N) is 1. The molecule has 1 aromatic heterocycles. The van der Waals surface area contributed by atoms with Gasteiger partial charge in [-0.1, -0.05) is 11.8 Å². The van der Waals surface area contributed by atoms with E-state index >= 15 is 0 Å². The van der Waals surface area contributed by atoms with Gasteiger partial charge in [0.25, 0.3) is 0 Å². The van der Waals surface area contributed by atoms with Crippen molar-refractivity contribution in [1.29, 1.82) is 0 Å². The van der Waals surface area contributed by atoms with Crippen molar-refractivity contribution in [3.8, 4) is 5.75 Å². The van der Waals surface area contributed by atoms with Gasteiger partial charge in [-0.25, -0.2) is 4.39 Å². The van der Waals surface area contributed by atoms with E-state index in [4.69, 9.17) is 10.5 Å². The number of hydrogen-bond acceptors (Lipinski definition) is 5. The predicted octanol–water partition coefficient (Wildman–Crippen LogP) is 1.78. The first-order chi connectivity index (χ1) is 10.2. The van der Waals surface area contributed by atoms with Crippen LogP contribution in [0.2, 0.25) is 0 Å². The third-order valence-electron chi connectivity index (χ3n) is 3.42. The Kier molecular flexibility index (Phi) is 4.12. The Balaban J connectivity index is 1.62. The third-order valence-corrected chi connectivity index (χ3v) is 4.52. The molecule has 1 aliphatic rings. The van der Waals surface area contributed by atoms with Crippen LogP contribution in [0.25, 0.3) is 0 Å². The van der Waals surface area contributed by atoms with Gasteiger partial charge in [-0.2, -0.15) is 0 Å². The number of aryl methyl sites for hydroxylation is 1. The number of ether oxygens (including phenoxy) is 1. The van der Waals surface area contributed by atoms with Gasteiger partial charge in [0.05, 0.1) is 0 Å². The molecule has 21 heavy (non-hydrogen) atoms. The van der Waals surface area contributed by atoms with Crippen LogP contribution in [-0.4, -0.2) is 33.2 Å². The van der Waals surface area contributed by atoms with Crippen LogP contribution in [0.5, 0.6) is 5.75 Å². The minimum absolute atomic E-state index is 0.0372. The highest BCUT2D eigenvalue weighted by atomic mass is 32.2. The predicted molar refractivity (Wildman–Crippen MR) is 79.1 cm³/mol. The number of benzene rings is 1. The van der Waals surface area contributed by atoms with E-state index in [-0.39, 0.29) is 11.9 Å². The Bertz CT molecular complexity index is 646. The van der Waals surface area contributed by atoms with Crippen molar-refractivity contribution in [2.75, 3.05) is 12.3 Å². The van der Waals surface area contributed by atoms with Crippen molar-refractivity contribution in [2.24, 2.45) is 5.73 Å². The topological polar surface area (TPSA) is 66.0 Å². The normalized spacial score (nSPS) is 16.8. The summed E-state index contributed by atoms with van der Waals surface area (Å²) in [4.78, 5) is 0. The Morgan fingerprint density at radius 3 is 3.14 bits per heavy atom. The smallest absolute Gasteiger partial charge is 0.191 e. The number of rotatable bonds is 5. The number of hydrogen-bond donors (Lipinski definition) is 1. The molecule has 0 saturated heterocycles. The first-order valence-corrected chi connectivity index (χ1v) is 7.83. The molecule has 112 valence electrons. The van der Waals surface area contributed by atoms with E-state index in [0.29, 0.717) is 13.1 Å². The van der Waals surface area contributed by atoms with Gasteiger partial charge in [0.2, 0.25) is 0 Å². The van der Waals surface area contributed by atoms with Gasteiger partial charge in [0, 0.05) is 30.8 Å². The van der Waals surface area contributed by atoms with Crippen molar-refractivity contribution in [3.05, 3.63) is 35.4 Å². The van der Waals surface area contributed by atoms with Crippen LogP contribution in [0.15, 0.2) is 23.4 Å². The fourth-order valence-corrected chi connectivity index (χ4v) is 3.40. The molecule has 3 rings (SSSR count). The summed E-state index contributed by atoms with van der Waals surface area (Å²) in [5, 5.41) is 9.09. The molecule has 7 heteroatoms. The molecule has 0 bridgehead atoms. The number of fused-ring (bicyclic) bond motifs is 1. The molecule has 5 nitrogen and oxygen atoms in total. The maximum Gasteiger partial charge on any atom is 0.191 e. The minimum Gasteiger partial charge on any atom is -0.489 e. The summed E-state index contributed by atoms with van der Waals surface area (Å²) in [6.07, 6.45) is 0.763. The second-order valence-corrected chi connectivity index (χ2v) is 5.96. The quantitative estimate of drug-likeness (QED) is 0.853. The zero-order chi connectivity index (χ0) is 14.8. The lowest BCUT2D eigenvalue weighted by Crippen LogP contribution is -2.17. The average Bonchev–Trinajstić information content (AvgIpc) is 3.01. The van der Waals surface area contributed by atoms with Gasteiger partial charge >= 0.3 is 0 Å². The maximum absolute atomic E-state index is 13.2. The van der Waals surface area contributed by atoms with Gasteiger partial charge in [0.15, 0.2) is 5.16 Å². The summed E-state index contributed by atoms with van der Waals surface area (Å²) in [6, 6.07) is 4.66. The molecule has 0 saturated carbocycles. The van der Waals surface area contributed by atoms with E-state index < -0.39 is 0 Å². The molecule has 0 amide bonds. The summed E-state index contributed by atoms with van der Waals surface area (Å²) in [5.41, 5.74) is 6.53. The van der Waals surface area contributed by atoms with E-state index in [1.165, 1.54) is 6.07 Å². The molecule has 1 aromatic carbocycles. The average molecular weight is 308 g/mol. The molecule has 1 unspecified atom stereocenters. The number of aromatic nitrogens is 3. The highest BCUT2D eigenvalue weighted by Crippen LogP contribution is 2.31. The summed E-state index contributed by atoms with van der Waals surface area (Å²) in [6.45, 7) is 3.17. The van der Waals surface area contributed by atoms with Crippen molar-refractivity contribution in [3.63, 3.8) is 0 Å². The first-order valence-electron chi connectivity index (χ1n) is 6.85. The second kappa shape index (κ2) is 6.03. The number of thioether (sulfide) groups is 1. The number of halogens is 1. The van der Waals surface area contributed by atoms with Gasteiger partial charge in [-0.05, 0) is 25.1 Å². The molecule has 0 aliphatic carbocycles. The van der Waals surface area contributed by atoms with Crippen molar-refractivity contribution >= 4 is 11.8 Å². The number of nitrogens with zero attached hydrogens (tertiary/aromatic N) is 3. The summed E-state index contributed by atoms with van der Waals surface area (Å²) in [5.74, 6) is 2.17. The Morgan fingerprint density at radius 1 is 1.48 bits per heavy atom. The fourth-order valence-electron chi connectivity index (χ4n) is 2.40. The lowest BCUT2D eigenvalue weighted by Gasteiger charge is -2.11. The molecule has 2 heterocycles. The summed E-state index contributed by atoms with van der Waals surface area (Å²) < 4.78 is 21.0. The van der Waals surface area contributed by atoms with E-state index in [1.54, 1.807) is 23.9 Å². The lowest BCUT2D eigenvalue weighted by atomic mass is 10.1. The van der Waals surface area contributed by atoms with Crippen LogP contribution in [0, 0.1) is 12.7 Å². The second-order valence-electron chi connectivity index (χ2n) is 4.98. The van der Waals surface area contributed by atoms with Crippen molar-refractivity contribution < 1.29 is 9.13 Å². The molecule has 1 atom stereocenters. The van der Waals surface area contributed by atoms with Crippen LogP contribution in [0.3, 0.4) is 0 Å². The largest absolute Gasteiger partial charge is 0.489 e. The van der Waals surface area contributed by atoms with Gasteiger partial charge in [-0.3, -0.25) is 0 Å². The highest BCUT2D eigenvalue weighted by molar-refractivity contribution is 7.99. The van der Waals surface area contributed by atoms with Gasteiger partial charge < -0.3 is 15.0 Å². The highest BCUT2D eigenvalue weighted by Gasteiger charge is 2.24. The van der Waals surface area contributed by atoms with Crippen molar-refractivity contribution in [2.45, 2.75) is 31.1 Å². The molecule has 2 N–H and O–H groups in total. The Labute approximate surface area is 126 Å². The fraction of sp³-hybridized carbons (Fsp3) is 0.429. The van der Waals surface area contributed by atoms with Crippen LogP contribution < -0.4 is 10.5 Å². The van der Waals surface area contributed by atoms with E-state index in [2.05, 4.69) is 10.2 Å². The Hall–Kier alpha value is -1.60. The zero-order valence-electron chi connectivity index (χ0n) is 11.8. The van der Waals surface area contributed by atoms with Gasteiger partial charge in [-0.15, -0.1) is 10.2 Å². The van der Waals surface area contributed by atoms with Crippen molar-refractivity contribution in [1.82, 2.24) is 14.8 Å². The standard InChI is InChI=1S/C14H17FN4OS/c1-9-17-18-14(19(9)5-4-16)21-8-12-7-10-6-11(15)2-3-13(10)20-12/h2-3,6,12H,4-5,7-8,16H2,1H3. The van der Waals surface area contributed by atoms with Crippen LogP contribution in [-0.2, 0) is 13.0 Å². The van der Waals surface area contributed by atoms with Crippen LogP contribution in [0.4, 0.5) is 4.39 Å². The zero-order valence-corrected chi connectivity index (χ0v) is 12.6. The molecule has 0 fully saturated rings. The molecular formula is C14H17FN4OS. The lowest BCUT2D eigenvalue weighted by molar-refractivity contribution is 0.259. The van der Waals surface area contributed by atoms with E-state index in [0.717, 1.165) is 34.5 Å². The SMILES string of the molecule is Cc1nnc(SCC2Cc3cc(F)ccc3O2)n1CCN. The summed E-state index contributed by atoms with van der Waals surface area (Å²) in [7, 11) is 0. The minimum atomic E-state index is -0.219. The monoisotopic (exact) mass is 308 g/mol. The van der Waals surface area contributed by atoms with Crippen LogP contribution in [0.1, 0.15) is 11.4 Å². The first kappa shape index (κ1) is 14.3. The molecular weight excluding hydrogens is 291 g/mol. The molecule has 0 radical (unpaired) electrons. The Morgan fingerprint density at radius 2 is 2.33 bits per heavy atom.